The Morgan fingerprint density at radius 2 is 2.00 bits per heavy atom. The summed E-state index contributed by atoms with van der Waals surface area (Å²) >= 11 is 1.33. The van der Waals surface area contributed by atoms with Crippen LogP contribution in [0.4, 0.5) is 0 Å². The Balaban J connectivity index is 2.74. The number of benzene rings is 1. The maximum absolute atomic E-state index is 11.8. The summed E-state index contributed by atoms with van der Waals surface area (Å²) < 4.78 is 10.6. The maximum Gasteiger partial charge on any atom is 0.341 e. The number of carbonyl (C=O) groups is 2. The standard InChI is InChI=1S/C14H12O4S/c1-17-8-10(14(16)18-2)13-9-5-3-4-6-11(9)19-12(13)7-15/h3-8H,1-2H3. The van der Waals surface area contributed by atoms with Gasteiger partial charge in [-0.15, -0.1) is 11.3 Å². The minimum absolute atomic E-state index is 0.240. The van der Waals surface area contributed by atoms with Gasteiger partial charge in [0.2, 0.25) is 0 Å². The smallest absolute Gasteiger partial charge is 0.341 e. The zero-order chi connectivity index (χ0) is 13.8. The lowest BCUT2D eigenvalue weighted by atomic mass is 10.0. The van der Waals surface area contributed by atoms with E-state index in [1.165, 1.54) is 31.8 Å². The van der Waals surface area contributed by atoms with E-state index < -0.39 is 5.97 Å². The van der Waals surface area contributed by atoms with E-state index in [-0.39, 0.29) is 5.57 Å². The summed E-state index contributed by atoms with van der Waals surface area (Å²) in [4.78, 5) is 23.5. The zero-order valence-corrected chi connectivity index (χ0v) is 11.3. The molecule has 0 saturated heterocycles. The van der Waals surface area contributed by atoms with Gasteiger partial charge in [-0.3, -0.25) is 4.79 Å². The largest absolute Gasteiger partial charge is 0.503 e. The second-order valence-electron chi connectivity index (χ2n) is 3.71. The molecule has 0 amide bonds. The first kappa shape index (κ1) is 13.3. The van der Waals surface area contributed by atoms with E-state index in [0.717, 1.165) is 16.4 Å². The van der Waals surface area contributed by atoms with Crippen LogP contribution in [0.15, 0.2) is 30.5 Å². The predicted molar refractivity (Wildman–Crippen MR) is 74.2 cm³/mol. The molecule has 0 spiro atoms. The summed E-state index contributed by atoms with van der Waals surface area (Å²) in [6, 6.07) is 7.50. The minimum Gasteiger partial charge on any atom is -0.503 e. The molecule has 0 bridgehead atoms. The first-order valence-corrected chi connectivity index (χ1v) is 6.33. The second-order valence-corrected chi connectivity index (χ2v) is 4.80. The van der Waals surface area contributed by atoms with Crippen molar-refractivity contribution in [1.29, 1.82) is 0 Å². The molecule has 0 aliphatic rings. The van der Waals surface area contributed by atoms with Crippen LogP contribution in [0.25, 0.3) is 15.7 Å². The Morgan fingerprint density at radius 1 is 1.26 bits per heavy atom. The van der Waals surface area contributed by atoms with Gasteiger partial charge in [-0.05, 0) is 6.07 Å². The normalized spacial score (nSPS) is 11.4. The molecular weight excluding hydrogens is 264 g/mol. The molecule has 0 fully saturated rings. The van der Waals surface area contributed by atoms with Gasteiger partial charge in [0, 0.05) is 15.6 Å². The molecule has 0 N–H and O–H groups in total. The quantitative estimate of drug-likeness (QED) is 0.373. The Bertz CT molecular complexity index is 655. The first-order chi connectivity index (χ1) is 9.22. The second kappa shape index (κ2) is 5.67. The van der Waals surface area contributed by atoms with Crippen LogP contribution in [0.5, 0.6) is 0 Å². The molecule has 0 aliphatic carbocycles. The van der Waals surface area contributed by atoms with Crippen LogP contribution >= 0.6 is 11.3 Å². The third kappa shape index (κ3) is 2.37. The fraction of sp³-hybridized carbons (Fsp3) is 0.143. The van der Waals surface area contributed by atoms with E-state index in [4.69, 9.17) is 9.47 Å². The molecule has 1 heterocycles. The van der Waals surface area contributed by atoms with Crippen LogP contribution < -0.4 is 0 Å². The SMILES string of the molecule is COC=C(C(=O)OC)c1c(C=O)sc2ccccc12. The highest BCUT2D eigenvalue weighted by molar-refractivity contribution is 7.21. The van der Waals surface area contributed by atoms with Gasteiger partial charge in [-0.1, -0.05) is 18.2 Å². The Labute approximate surface area is 114 Å². The van der Waals surface area contributed by atoms with Gasteiger partial charge >= 0.3 is 5.97 Å². The number of thiophene rings is 1. The van der Waals surface area contributed by atoms with Gasteiger partial charge in [-0.25, -0.2) is 4.79 Å². The summed E-state index contributed by atoms with van der Waals surface area (Å²) in [6.45, 7) is 0. The number of hydrogen-bond acceptors (Lipinski definition) is 5. The van der Waals surface area contributed by atoms with Crippen molar-refractivity contribution in [2.45, 2.75) is 0 Å². The van der Waals surface area contributed by atoms with Crippen molar-refractivity contribution in [2.24, 2.45) is 0 Å². The van der Waals surface area contributed by atoms with Gasteiger partial charge in [0.15, 0.2) is 6.29 Å². The number of rotatable bonds is 4. The molecule has 98 valence electrons. The first-order valence-electron chi connectivity index (χ1n) is 5.51. The van der Waals surface area contributed by atoms with Crippen molar-refractivity contribution in [2.75, 3.05) is 14.2 Å². The lowest BCUT2D eigenvalue weighted by Gasteiger charge is -2.05. The van der Waals surface area contributed by atoms with Crippen LogP contribution in [0.3, 0.4) is 0 Å². The Morgan fingerprint density at radius 3 is 2.63 bits per heavy atom. The van der Waals surface area contributed by atoms with Gasteiger partial charge in [0.05, 0.1) is 25.4 Å². The van der Waals surface area contributed by atoms with Crippen LogP contribution in [0.1, 0.15) is 15.2 Å². The minimum atomic E-state index is -0.534. The molecule has 2 aromatic rings. The summed E-state index contributed by atoms with van der Waals surface area (Å²) in [5.41, 5.74) is 0.800. The molecule has 0 atom stereocenters. The van der Waals surface area contributed by atoms with Crippen LogP contribution in [-0.2, 0) is 14.3 Å². The highest BCUT2D eigenvalue weighted by Gasteiger charge is 2.21. The predicted octanol–water partition coefficient (Wildman–Crippen LogP) is 2.87. The molecule has 0 radical (unpaired) electrons. The van der Waals surface area contributed by atoms with E-state index in [9.17, 15) is 9.59 Å². The summed E-state index contributed by atoms with van der Waals surface area (Å²) in [6.07, 6.45) is 2.04. The van der Waals surface area contributed by atoms with Crippen molar-refractivity contribution in [3.05, 3.63) is 41.0 Å². The average molecular weight is 276 g/mol. The van der Waals surface area contributed by atoms with Crippen molar-refractivity contribution in [3.8, 4) is 0 Å². The monoisotopic (exact) mass is 276 g/mol. The molecule has 2 rings (SSSR count). The van der Waals surface area contributed by atoms with Crippen molar-refractivity contribution < 1.29 is 19.1 Å². The number of carbonyl (C=O) groups excluding carboxylic acids is 2. The summed E-state index contributed by atoms with van der Waals surface area (Å²) in [7, 11) is 2.74. The van der Waals surface area contributed by atoms with Crippen LogP contribution in [-0.4, -0.2) is 26.5 Å². The Kier molecular flexibility index (Phi) is 3.97. The Hall–Kier alpha value is -2.14. The van der Waals surface area contributed by atoms with Crippen LogP contribution in [0, 0.1) is 0 Å². The van der Waals surface area contributed by atoms with E-state index in [2.05, 4.69) is 0 Å². The number of esters is 1. The third-order valence-electron chi connectivity index (χ3n) is 2.64. The number of fused-ring (bicyclic) bond motifs is 1. The van der Waals surface area contributed by atoms with Gasteiger partial charge < -0.3 is 9.47 Å². The molecule has 19 heavy (non-hydrogen) atoms. The molecule has 4 nitrogen and oxygen atoms in total. The summed E-state index contributed by atoms with van der Waals surface area (Å²) in [5, 5.41) is 0.836. The number of aldehydes is 1. The lowest BCUT2D eigenvalue weighted by molar-refractivity contribution is -0.133. The molecule has 0 aliphatic heterocycles. The molecule has 1 aromatic carbocycles. The summed E-state index contributed by atoms with van der Waals surface area (Å²) in [5.74, 6) is -0.534. The number of hydrogen-bond donors (Lipinski definition) is 0. The molecule has 0 saturated carbocycles. The zero-order valence-electron chi connectivity index (χ0n) is 10.5. The number of methoxy groups -OCH3 is 2. The fourth-order valence-corrected chi connectivity index (χ4v) is 2.90. The molecule has 0 unspecified atom stereocenters. The van der Waals surface area contributed by atoms with Crippen molar-refractivity contribution in [1.82, 2.24) is 0 Å². The van der Waals surface area contributed by atoms with E-state index >= 15 is 0 Å². The van der Waals surface area contributed by atoms with E-state index in [1.807, 2.05) is 24.3 Å². The number of ether oxygens (including phenoxy) is 2. The van der Waals surface area contributed by atoms with Crippen LogP contribution in [0.2, 0.25) is 0 Å². The average Bonchev–Trinajstić information content (AvgIpc) is 2.82. The van der Waals surface area contributed by atoms with E-state index in [1.54, 1.807) is 0 Å². The third-order valence-corrected chi connectivity index (χ3v) is 3.74. The van der Waals surface area contributed by atoms with E-state index in [0.29, 0.717) is 10.4 Å². The van der Waals surface area contributed by atoms with Gasteiger partial charge in [0.1, 0.15) is 5.57 Å². The molecular formula is C14H12O4S. The van der Waals surface area contributed by atoms with Crippen molar-refractivity contribution in [3.63, 3.8) is 0 Å². The highest BCUT2D eigenvalue weighted by Crippen LogP contribution is 2.35. The maximum atomic E-state index is 11.8. The highest BCUT2D eigenvalue weighted by atomic mass is 32.1. The van der Waals surface area contributed by atoms with Crippen molar-refractivity contribution >= 4 is 39.3 Å². The fourth-order valence-electron chi connectivity index (χ4n) is 1.86. The molecule has 1 aromatic heterocycles. The topological polar surface area (TPSA) is 52.6 Å². The van der Waals surface area contributed by atoms with Gasteiger partial charge in [-0.2, -0.15) is 0 Å². The molecule has 5 heteroatoms. The lowest BCUT2D eigenvalue weighted by Crippen LogP contribution is -2.05. The van der Waals surface area contributed by atoms with Gasteiger partial charge in [0.25, 0.3) is 0 Å².